The molecule has 0 saturated heterocycles. The summed E-state index contributed by atoms with van der Waals surface area (Å²) in [7, 11) is -1.69. The summed E-state index contributed by atoms with van der Waals surface area (Å²) in [6, 6.07) is 13.4. The van der Waals surface area contributed by atoms with Crippen molar-refractivity contribution in [2.75, 3.05) is 18.1 Å². The van der Waals surface area contributed by atoms with Gasteiger partial charge in [-0.1, -0.05) is 38.1 Å². The normalized spacial score (nSPS) is 13.0. The molecule has 0 aliphatic heterocycles. The maximum Gasteiger partial charge on any atom is 0.404 e. The van der Waals surface area contributed by atoms with Crippen molar-refractivity contribution in [3.05, 3.63) is 96.7 Å². The molecule has 10 nitrogen and oxygen atoms in total. The monoisotopic (exact) mass is 653 g/mol. The van der Waals surface area contributed by atoms with E-state index in [1.54, 1.807) is 55.0 Å². The molecule has 2 aromatic carbocycles. The molecular weight excluding hydrogens is 618 g/mol. The lowest BCUT2D eigenvalue weighted by Gasteiger charge is -2.20. The molecule has 0 radical (unpaired) electrons. The summed E-state index contributed by atoms with van der Waals surface area (Å²) in [5.74, 6) is -2.18. The molecular formula is C30H35F4N5O5S. The predicted molar refractivity (Wildman–Crippen MR) is 167 cm³/mol. The Morgan fingerprint density at radius 1 is 0.956 bits per heavy atom. The largest absolute Gasteiger partial charge is 0.404 e. The zero-order valence-electron chi connectivity index (χ0n) is 25.6. The summed E-state index contributed by atoms with van der Waals surface area (Å²) < 4.78 is 74.5. The minimum atomic E-state index is -4.66. The third-order valence-corrected chi connectivity index (χ3v) is 8.14. The van der Waals surface area contributed by atoms with Crippen LogP contribution in [0.15, 0.2) is 62.9 Å². The first kappa shape index (κ1) is 35.2. The Bertz CT molecular complexity index is 1980. The van der Waals surface area contributed by atoms with Gasteiger partial charge >= 0.3 is 11.9 Å². The highest BCUT2D eigenvalue weighted by molar-refractivity contribution is 7.89. The van der Waals surface area contributed by atoms with E-state index in [-0.39, 0.29) is 39.6 Å². The molecule has 2 aromatic heterocycles. The second kappa shape index (κ2) is 13.8. The smallest absolute Gasteiger partial charge is 0.338 e. The molecule has 0 bridgehead atoms. The molecule has 2 heterocycles. The molecule has 0 atom stereocenters. The molecule has 0 unspecified atom stereocenters. The van der Waals surface area contributed by atoms with Crippen molar-refractivity contribution < 1.29 is 26.0 Å². The van der Waals surface area contributed by atoms with Gasteiger partial charge in [-0.25, -0.2) is 22.3 Å². The van der Waals surface area contributed by atoms with Crippen LogP contribution in [-0.2, 0) is 17.1 Å². The number of aromatic nitrogens is 3. The van der Waals surface area contributed by atoms with Crippen molar-refractivity contribution in [1.29, 1.82) is 0 Å². The molecule has 0 spiro atoms. The van der Waals surface area contributed by atoms with Crippen LogP contribution in [-0.4, -0.2) is 41.1 Å². The van der Waals surface area contributed by atoms with Gasteiger partial charge in [0, 0.05) is 18.7 Å². The van der Waals surface area contributed by atoms with Gasteiger partial charge in [0.15, 0.2) is 5.75 Å². The molecule has 1 fully saturated rings. The summed E-state index contributed by atoms with van der Waals surface area (Å²) in [5.41, 5.74) is 0.569. The van der Waals surface area contributed by atoms with E-state index < -0.39 is 39.0 Å². The minimum Gasteiger partial charge on any atom is -0.338 e. The van der Waals surface area contributed by atoms with Crippen molar-refractivity contribution in [3.8, 4) is 5.69 Å². The highest BCUT2D eigenvalue weighted by Crippen LogP contribution is 2.34. The maximum atomic E-state index is 14.7. The topological polar surface area (TPSA) is 124 Å². The molecule has 1 aliphatic carbocycles. The lowest BCUT2D eigenvalue weighted by molar-refractivity contribution is -0.106. The van der Waals surface area contributed by atoms with Gasteiger partial charge in [-0.15, -0.1) is 0 Å². The molecule has 1 saturated carbocycles. The number of para-hydroxylation sites is 1. The lowest BCUT2D eigenvalue weighted by Crippen LogP contribution is -2.41. The number of hydrogen-bond donors (Lipinski definition) is 2. The molecule has 0 amide bonds. The van der Waals surface area contributed by atoms with Crippen LogP contribution < -0.4 is 26.8 Å². The van der Waals surface area contributed by atoms with E-state index in [0.29, 0.717) is 5.69 Å². The number of halogens is 4. The molecule has 5 rings (SSSR count). The first-order valence-electron chi connectivity index (χ1n) is 14.0. The Hall–Kier alpha value is -4.24. The first-order valence-corrected chi connectivity index (χ1v) is 15.7. The van der Waals surface area contributed by atoms with E-state index in [1.807, 2.05) is 19.9 Å². The van der Waals surface area contributed by atoms with Gasteiger partial charge in [0.05, 0.1) is 16.9 Å². The van der Waals surface area contributed by atoms with Crippen LogP contribution in [0.1, 0.15) is 43.9 Å². The number of sulfonamides is 1. The van der Waals surface area contributed by atoms with Crippen LogP contribution in [0.2, 0.25) is 0 Å². The Labute approximate surface area is 257 Å². The predicted octanol–water partition coefficient (Wildman–Crippen LogP) is 4.81. The summed E-state index contributed by atoms with van der Waals surface area (Å²) >= 11 is 0. The lowest BCUT2D eigenvalue weighted by atomic mass is 10.1. The number of nitrogens with one attached hydrogen (secondary N) is 2. The Morgan fingerprint density at radius 3 is 2.04 bits per heavy atom. The number of rotatable bonds is 6. The number of aryl methyl sites for hydroxylation is 2. The van der Waals surface area contributed by atoms with Gasteiger partial charge < -0.3 is 5.32 Å². The molecule has 15 heteroatoms. The molecule has 244 valence electrons. The van der Waals surface area contributed by atoms with Gasteiger partial charge in [-0.2, -0.15) is 13.2 Å². The van der Waals surface area contributed by atoms with E-state index in [9.17, 15) is 40.4 Å². The summed E-state index contributed by atoms with van der Waals surface area (Å²) in [6.07, 6.45) is -3.20. The summed E-state index contributed by atoms with van der Waals surface area (Å²) in [5, 5.41) is 3.13. The van der Waals surface area contributed by atoms with E-state index in [2.05, 4.69) is 5.32 Å². The van der Waals surface area contributed by atoms with Crippen LogP contribution in [0.3, 0.4) is 0 Å². The van der Waals surface area contributed by atoms with Crippen LogP contribution in [0.25, 0.3) is 16.6 Å². The van der Waals surface area contributed by atoms with Crippen molar-refractivity contribution in [2.24, 2.45) is 7.05 Å². The standard InChI is InChI=1S/C25H23FN4O3.C3H6F3NO2S.C2H6/c1-14-9-12-19(18(26)13-14)27-22-20-21(15(2)23(31)28(22)3)29(16-7-5-4-6-8-16)25(33)30(24(20)32)17-10-11-17;1-7-10(8,9)2-3(4,5)6;1-2/h4-9,12-13,17,27H,10-11H2,1-3H3;7H,2H2,1H3;1-2H3. The molecule has 4 aromatic rings. The van der Waals surface area contributed by atoms with Crippen LogP contribution in [0.5, 0.6) is 0 Å². The molecule has 45 heavy (non-hydrogen) atoms. The summed E-state index contributed by atoms with van der Waals surface area (Å²) in [4.78, 5) is 40.4. The highest BCUT2D eigenvalue weighted by Gasteiger charge is 2.34. The van der Waals surface area contributed by atoms with E-state index in [4.69, 9.17) is 0 Å². The Morgan fingerprint density at radius 2 is 1.56 bits per heavy atom. The van der Waals surface area contributed by atoms with E-state index >= 15 is 0 Å². The Kier molecular flexibility index (Phi) is 10.8. The number of benzene rings is 2. The second-order valence-corrected chi connectivity index (χ2v) is 12.0. The minimum absolute atomic E-state index is 0.135. The average molecular weight is 654 g/mol. The molecule has 1 aliphatic rings. The van der Waals surface area contributed by atoms with Crippen LogP contribution in [0.4, 0.5) is 29.1 Å². The third-order valence-electron chi connectivity index (χ3n) is 6.81. The number of pyridine rings is 1. The van der Waals surface area contributed by atoms with E-state index in [1.165, 1.54) is 26.8 Å². The van der Waals surface area contributed by atoms with E-state index in [0.717, 1.165) is 25.5 Å². The number of fused-ring (bicyclic) bond motifs is 1. The van der Waals surface area contributed by atoms with Gasteiger partial charge in [-0.05, 0) is 63.6 Å². The zero-order valence-corrected chi connectivity index (χ0v) is 26.4. The quantitative estimate of drug-likeness (QED) is 0.288. The number of alkyl halides is 3. The number of hydrogen-bond acceptors (Lipinski definition) is 6. The first-order chi connectivity index (χ1) is 21.1. The number of nitrogens with zero attached hydrogens (tertiary/aromatic N) is 3. The maximum absolute atomic E-state index is 14.7. The highest BCUT2D eigenvalue weighted by atomic mass is 32.2. The van der Waals surface area contributed by atoms with Gasteiger partial charge in [0.2, 0.25) is 10.0 Å². The van der Waals surface area contributed by atoms with Crippen LogP contribution >= 0.6 is 0 Å². The fraction of sp³-hybridized carbons (Fsp3) is 0.367. The Balaban J connectivity index is 0.000000395. The van der Waals surface area contributed by atoms with Gasteiger partial charge in [0.25, 0.3) is 11.1 Å². The van der Waals surface area contributed by atoms with Gasteiger partial charge in [-0.3, -0.25) is 23.3 Å². The van der Waals surface area contributed by atoms with Crippen molar-refractivity contribution in [3.63, 3.8) is 0 Å². The fourth-order valence-electron chi connectivity index (χ4n) is 4.57. The fourth-order valence-corrected chi connectivity index (χ4v) is 5.14. The zero-order chi connectivity index (χ0) is 33.9. The summed E-state index contributed by atoms with van der Waals surface area (Å²) in [6.45, 7) is 7.37. The van der Waals surface area contributed by atoms with Crippen molar-refractivity contribution >= 4 is 32.4 Å². The van der Waals surface area contributed by atoms with Crippen molar-refractivity contribution in [2.45, 2.75) is 52.8 Å². The third kappa shape index (κ3) is 7.89. The second-order valence-electron chi connectivity index (χ2n) is 10.1. The molecule has 2 N–H and O–H groups in total. The average Bonchev–Trinajstić information content (AvgIpc) is 3.81. The van der Waals surface area contributed by atoms with Crippen molar-refractivity contribution in [1.82, 2.24) is 18.4 Å². The van der Waals surface area contributed by atoms with Crippen LogP contribution in [0, 0.1) is 19.7 Å². The SMILES string of the molecule is CC.CNS(=O)(=O)CC(F)(F)F.Cc1ccc(Nc2c3c(=O)n(C4CC4)c(=O)n(-c4ccccc4)c3c(C)c(=O)n2C)c(F)c1. The van der Waals surface area contributed by atoms with Gasteiger partial charge in [0.1, 0.15) is 17.0 Å². The number of anilines is 2.